The van der Waals surface area contributed by atoms with Gasteiger partial charge >= 0.3 is 12.3 Å². The van der Waals surface area contributed by atoms with E-state index in [1.165, 1.54) is 11.0 Å². The maximum atomic E-state index is 12.6. The van der Waals surface area contributed by atoms with Crippen molar-refractivity contribution >= 4 is 17.7 Å². The smallest absolute Gasteiger partial charge is 0.416 e. The van der Waals surface area contributed by atoms with Crippen LogP contribution in [0, 0.1) is 0 Å². The third-order valence-corrected chi connectivity index (χ3v) is 4.45. The predicted molar refractivity (Wildman–Crippen MR) is 80.5 cm³/mol. The van der Waals surface area contributed by atoms with Gasteiger partial charge in [0.2, 0.25) is 0 Å². The Morgan fingerprint density at radius 3 is 2.48 bits per heavy atom. The van der Waals surface area contributed by atoms with Crippen LogP contribution in [-0.2, 0) is 12.7 Å². The lowest BCUT2D eigenvalue weighted by molar-refractivity contribution is -0.137. The van der Waals surface area contributed by atoms with Gasteiger partial charge in [0.15, 0.2) is 0 Å². The first-order valence-corrected chi connectivity index (χ1v) is 7.60. The number of alkyl halides is 3. The number of carboxylic acid groups (broad SMARTS) is 1. The van der Waals surface area contributed by atoms with Gasteiger partial charge in [0, 0.05) is 11.1 Å². The molecule has 0 aromatic heterocycles. The summed E-state index contributed by atoms with van der Waals surface area (Å²) in [6.45, 7) is 1.56. The summed E-state index contributed by atoms with van der Waals surface area (Å²) in [5.41, 5.74) is -0.464. The number of piperidine rings is 1. The van der Waals surface area contributed by atoms with Crippen LogP contribution in [0.3, 0.4) is 0 Å². The minimum Gasteiger partial charge on any atom is -0.465 e. The Kier molecular flexibility index (Phi) is 5.41. The third kappa shape index (κ3) is 4.51. The van der Waals surface area contributed by atoms with Gasteiger partial charge < -0.3 is 14.9 Å². The molecule has 2 rings (SSSR count). The lowest BCUT2D eigenvalue weighted by Gasteiger charge is -2.35. The van der Waals surface area contributed by atoms with Crippen molar-refractivity contribution in [1.82, 2.24) is 9.80 Å². The van der Waals surface area contributed by atoms with Crippen LogP contribution in [0.4, 0.5) is 18.0 Å². The topological polar surface area (TPSA) is 43.8 Å². The summed E-state index contributed by atoms with van der Waals surface area (Å²) in [4.78, 5) is 14.9. The molecule has 8 heteroatoms. The van der Waals surface area contributed by atoms with Gasteiger partial charge in [-0.05, 0) is 50.7 Å². The number of hydrogen-bond donors (Lipinski definition) is 1. The molecule has 1 amide bonds. The Hall–Kier alpha value is -1.47. The Morgan fingerprint density at radius 1 is 1.39 bits per heavy atom. The standard InChI is InChI=1S/C15H18ClF3N2O2/c1-20-6-4-12(5-7-20)21(14(22)23)9-10-2-3-11(8-13(10)16)15(17,18)19/h2-3,8,12H,4-7,9H2,1H3,(H,22,23). The maximum absolute atomic E-state index is 12.6. The Balaban J connectivity index is 2.16. The highest BCUT2D eigenvalue weighted by Crippen LogP contribution is 2.32. The first-order valence-electron chi connectivity index (χ1n) is 7.22. The van der Waals surface area contributed by atoms with Crippen molar-refractivity contribution in [1.29, 1.82) is 0 Å². The van der Waals surface area contributed by atoms with E-state index in [0.717, 1.165) is 25.2 Å². The Bertz CT molecular complexity index is 572. The second-order valence-electron chi connectivity index (χ2n) is 5.75. The molecule has 1 N–H and O–H groups in total. The number of halogens is 4. The lowest BCUT2D eigenvalue weighted by atomic mass is 10.0. The van der Waals surface area contributed by atoms with E-state index in [9.17, 15) is 23.1 Å². The van der Waals surface area contributed by atoms with E-state index in [4.69, 9.17) is 11.6 Å². The average molecular weight is 351 g/mol. The van der Waals surface area contributed by atoms with Crippen molar-refractivity contribution in [2.45, 2.75) is 31.6 Å². The largest absolute Gasteiger partial charge is 0.465 e. The van der Waals surface area contributed by atoms with E-state index < -0.39 is 17.8 Å². The highest BCUT2D eigenvalue weighted by molar-refractivity contribution is 6.31. The zero-order valence-corrected chi connectivity index (χ0v) is 13.4. The van der Waals surface area contributed by atoms with Crippen molar-refractivity contribution in [2.75, 3.05) is 20.1 Å². The molecule has 0 aliphatic carbocycles. The number of benzene rings is 1. The summed E-state index contributed by atoms with van der Waals surface area (Å²) in [5, 5.41) is 9.35. The van der Waals surface area contributed by atoms with Crippen LogP contribution < -0.4 is 0 Å². The molecule has 1 aromatic rings. The van der Waals surface area contributed by atoms with Crippen molar-refractivity contribution in [2.24, 2.45) is 0 Å². The van der Waals surface area contributed by atoms with Gasteiger partial charge in [-0.2, -0.15) is 13.2 Å². The first-order chi connectivity index (χ1) is 10.7. The molecule has 1 saturated heterocycles. The highest BCUT2D eigenvalue weighted by Gasteiger charge is 2.32. The second-order valence-corrected chi connectivity index (χ2v) is 6.16. The SMILES string of the molecule is CN1CCC(N(Cc2ccc(C(F)(F)F)cc2Cl)C(=O)O)CC1. The van der Waals surface area contributed by atoms with Gasteiger partial charge in [-0.3, -0.25) is 0 Å². The number of likely N-dealkylation sites (tertiary alicyclic amines) is 1. The molecular formula is C15H18ClF3N2O2. The summed E-state index contributed by atoms with van der Waals surface area (Å²) < 4.78 is 37.9. The van der Waals surface area contributed by atoms with Crippen LogP contribution in [0.25, 0.3) is 0 Å². The fourth-order valence-corrected chi connectivity index (χ4v) is 2.94. The molecule has 0 spiro atoms. The fourth-order valence-electron chi connectivity index (χ4n) is 2.69. The van der Waals surface area contributed by atoms with E-state index in [2.05, 4.69) is 4.90 Å². The molecule has 0 atom stereocenters. The number of hydrogen-bond acceptors (Lipinski definition) is 2. The summed E-state index contributed by atoms with van der Waals surface area (Å²) in [6.07, 6.45) is -4.17. The van der Waals surface area contributed by atoms with E-state index in [-0.39, 0.29) is 17.6 Å². The molecule has 1 fully saturated rings. The number of rotatable bonds is 3. The molecule has 0 radical (unpaired) electrons. The molecule has 1 heterocycles. The van der Waals surface area contributed by atoms with E-state index >= 15 is 0 Å². The van der Waals surface area contributed by atoms with E-state index in [1.54, 1.807) is 0 Å². The molecule has 1 aromatic carbocycles. The molecule has 0 bridgehead atoms. The van der Waals surface area contributed by atoms with Gasteiger partial charge in [0.1, 0.15) is 0 Å². The van der Waals surface area contributed by atoms with E-state index in [1.807, 2.05) is 7.05 Å². The lowest BCUT2D eigenvalue weighted by Crippen LogP contribution is -2.45. The van der Waals surface area contributed by atoms with Crippen LogP contribution in [-0.4, -0.2) is 47.2 Å². The van der Waals surface area contributed by atoms with Crippen molar-refractivity contribution in [3.8, 4) is 0 Å². The number of amides is 1. The van der Waals surface area contributed by atoms with Crippen LogP contribution in [0.5, 0.6) is 0 Å². The monoisotopic (exact) mass is 350 g/mol. The minimum atomic E-state index is -4.47. The van der Waals surface area contributed by atoms with Crippen LogP contribution >= 0.6 is 11.6 Å². The molecule has 128 valence electrons. The third-order valence-electron chi connectivity index (χ3n) is 4.10. The van der Waals surface area contributed by atoms with Gasteiger partial charge in [0.25, 0.3) is 0 Å². The quantitative estimate of drug-likeness (QED) is 0.898. The van der Waals surface area contributed by atoms with Crippen LogP contribution in [0.1, 0.15) is 24.0 Å². The van der Waals surface area contributed by atoms with Gasteiger partial charge in [-0.1, -0.05) is 17.7 Å². The normalized spacial score (nSPS) is 17.3. The highest BCUT2D eigenvalue weighted by atomic mass is 35.5. The molecule has 0 saturated carbocycles. The second kappa shape index (κ2) is 6.97. The van der Waals surface area contributed by atoms with Gasteiger partial charge in [-0.25, -0.2) is 4.79 Å². The predicted octanol–water partition coefficient (Wildman–Crippen LogP) is 3.93. The zero-order valence-electron chi connectivity index (χ0n) is 12.6. The summed E-state index contributed by atoms with van der Waals surface area (Å²) in [6, 6.07) is 2.86. The summed E-state index contributed by atoms with van der Waals surface area (Å²) in [5.74, 6) is 0. The van der Waals surface area contributed by atoms with Gasteiger partial charge in [-0.15, -0.1) is 0 Å². The number of nitrogens with zero attached hydrogens (tertiary/aromatic N) is 2. The van der Waals surface area contributed by atoms with Crippen molar-refractivity contribution < 1.29 is 23.1 Å². The van der Waals surface area contributed by atoms with Crippen molar-refractivity contribution in [3.63, 3.8) is 0 Å². The van der Waals surface area contributed by atoms with Crippen molar-refractivity contribution in [3.05, 3.63) is 34.3 Å². The number of carbonyl (C=O) groups is 1. The first kappa shape index (κ1) is 17.9. The molecule has 4 nitrogen and oxygen atoms in total. The molecule has 1 aliphatic rings. The van der Waals surface area contributed by atoms with Crippen LogP contribution in [0.15, 0.2) is 18.2 Å². The Labute approximate surface area is 137 Å². The zero-order chi connectivity index (χ0) is 17.2. The summed E-state index contributed by atoms with van der Waals surface area (Å²) in [7, 11) is 1.97. The summed E-state index contributed by atoms with van der Waals surface area (Å²) >= 11 is 5.92. The molecule has 1 aliphatic heterocycles. The van der Waals surface area contributed by atoms with E-state index in [0.29, 0.717) is 18.4 Å². The minimum absolute atomic E-state index is 0.0132. The fraction of sp³-hybridized carbons (Fsp3) is 0.533. The molecule has 23 heavy (non-hydrogen) atoms. The maximum Gasteiger partial charge on any atom is 0.416 e. The van der Waals surface area contributed by atoms with Crippen LogP contribution in [0.2, 0.25) is 5.02 Å². The molecule has 0 unspecified atom stereocenters. The molecular weight excluding hydrogens is 333 g/mol. The van der Waals surface area contributed by atoms with Gasteiger partial charge in [0.05, 0.1) is 12.1 Å². The average Bonchev–Trinajstić information content (AvgIpc) is 2.46. The Morgan fingerprint density at radius 2 is 2.00 bits per heavy atom.